The number of rotatable bonds is 6. The second-order valence-corrected chi connectivity index (χ2v) is 7.66. The Kier molecular flexibility index (Phi) is 5.44. The normalized spacial score (nSPS) is 29.2. The number of fused-ring (bicyclic) bond motifs is 1. The van der Waals surface area contributed by atoms with Gasteiger partial charge in [0, 0.05) is 25.7 Å². The highest BCUT2D eigenvalue weighted by Gasteiger charge is 2.28. The summed E-state index contributed by atoms with van der Waals surface area (Å²) in [5, 5.41) is 3.77. The third-order valence-corrected chi connectivity index (χ3v) is 5.73. The van der Waals surface area contributed by atoms with Gasteiger partial charge in [0.1, 0.15) is 0 Å². The molecule has 3 aliphatic rings. The molecule has 0 amide bonds. The van der Waals surface area contributed by atoms with Gasteiger partial charge in [-0.3, -0.25) is 0 Å². The van der Waals surface area contributed by atoms with Crippen molar-refractivity contribution in [2.24, 2.45) is 5.92 Å². The summed E-state index contributed by atoms with van der Waals surface area (Å²) in [6.07, 6.45) is 5.21. The fourth-order valence-corrected chi connectivity index (χ4v) is 4.28. The summed E-state index contributed by atoms with van der Waals surface area (Å²) >= 11 is 0. The number of hydrogen-bond donors (Lipinski definition) is 1. The van der Waals surface area contributed by atoms with Crippen LogP contribution in [0.4, 0.5) is 0 Å². The van der Waals surface area contributed by atoms with E-state index < -0.39 is 0 Å². The number of benzene rings is 1. The van der Waals surface area contributed by atoms with Crippen molar-refractivity contribution in [1.29, 1.82) is 0 Å². The van der Waals surface area contributed by atoms with Gasteiger partial charge in [-0.05, 0) is 62.4 Å². The minimum atomic E-state index is 0.346. The molecule has 1 N–H and O–H groups in total. The molecule has 138 valence electrons. The number of nitrogens with one attached hydrogen (secondary N) is 1. The van der Waals surface area contributed by atoms with Crippen molar-refractivity contribution in [3.63, 3.8) is 0 Å². The molecule has 5 heteroatoms. The molecule has 0 aliphatic carbocycles. The first-order valence-electron chi connectivity index (χ1n) is 9.74. The maximum atomic E-state index is 5.79. The van der Waals surface area contributed by atoms with Gasteiger partial charge in [0.2, 0.25) is 6.79 Å². The number of likely N-dealkylation sites (tertiary alicyclic amines) is 1. The molecule has 0 unspecified atom stereocenters. The van der Waals surface area contributed by atoms with Gasteiger partial charge < -0.3 is 24.4 Å². The second-order valence-electron chi connectivity index (χ2n) is 7.66. The van der Waals surface area contributed by atoms with Crippen LogP contribution in [0.25, 0.3) is 0 Å². The summed E-state index contributed by atoms with van der Waals surface area (Å²) < 4.78 is 16.6. The molecular weight excluding hydrogens is 316 g/mol. The average molecular weight is 346 g/mol. The quantitative estimate of drug-likeness (QED) is 0.857. The molecule has 3 heterocycles. The van der Waals surface area contributed by atoms with Crippen molar-refractivity contribution < 1.29 is 14.2 Å². The van der Waals surface area contributed by atoms with E-state index in [-0.39, 0.29) is 0 Å². The Balaban J connectivity index is 1.20. The third kappa shape index (κ3) is 4.27. The highest BCUT2D eigenvalue weighted by Crippen LogP contribution is 2.32. The van der Waals surface area contributed by atoms with Crippen molar-refractivity contribution in [2.75, 3.05) is 39.6 Å². The SMILES string of the molecule is C[C@@H]1CN(C[C@H]2CCCO2)CC[C@H]1NCCc1ccc2c(c1)OCO2. The Morgan fingerprint density at radius 2 is 2.12 bits per heavy atom. The standard InChI is InChI=1S/C20H30N2O3/c1-15-12-22(13-17-3-2-10-23-17)9-7-18(15)21-8-6-16-4-5-19-20(11-16)25-14-24-19/h4-5,11,15,17-18,21H,2-3,6-10,12-14H2,1H3/t15-,17-,18-/m1/s1. The van der Waals surface area contributed by atoms with Gasteiger partial charge in [-0.1, -0.05) is 13.0 Å². The molecule has 0 saturated carbocycles. The minimum absolute atomic E-state index is 0.346. The van der Waals surface area contributed by atoms with Crippen LogP contribution in [0.3, 0.4) is 0 Å². The summed E-state index contributed by atoms with van der Waals surface area (Å²) in [5.74, 6) is 2.43. The maximum Gasteiger partial charge on any atom is 0.231 e. The van der Waals surface area contributed by atoms with Crippen LogP contribution < -0.4 is 14.8 Å². The highest BCUT2D eigenvalue weighted by atomic mass is 16.7. The number of ether oxygens (including phenoxy) is 3. The predicted octanol–water partition coefficient (Wildman–Crippen LogP) is 2.44. The van der Waals surface area contributed by atoms with Crippen molar-refractivity contribution in [3.8, 4) is 11.5 Å². The van der Waals surface area contributed by atoms with Gasteiger partial charge in [-0.2, -0.15) is 0 Å². The lowest BCUT2D eigenvalue weighted by Gasteiger charge is -2.38. The molecule has 25 heavy (non-hydrogen) atoms. The molecule has 1 aromatic rings. The summed E-state index contributed by atoms with van der Waals surface area (Å²) in [6, 6.07) is 6.89. The smallest absolute Gasteiger partial charge is 0.231 e. The van der Waals surface area contributed by atoms with E-state index in [1.165, 1.54) is 37.9 Å². The van der Waals surface area contributed by atoms with Gasteiger partial charge in [0.05, 0.1) is 6.10 Å². The molecule has 0 radical (unpaired) electrons. The summed E-state index contributed by atoms with van der Waals surface area (Å²) in [6.45, 7) is 8.18. The van der Waals surface area contributed by atoms with Gasteiger partial charge in [0.15, 0.2) is 11.5 Å². The molecule has 4 rings (SSSR count). The zero-order valence-electron chi connectivity index (χ0n) is 15.2. The highest BCUT2D eigenvalue weighted by molar-refractivity contribution is 5.44. The lowest BCUT2D eigenvalue weighted by molar-refractivity contribution is 0.0514. The molecule has 5 nitrogen and oxygen atoms in total. The summed E-state index contributed by atoms with van der Waals surface area (Å²) in [7, 11) is 0. The second kappa shape index (κ2) is 7.94. The van der Waals surface area contributed by atoms with E-state index in [1.54, 1.807) is 0 Å². The van der Waals surface area contributed by atoms with E-state index in [0.717, 1.165) is 37.6 Å². The van der Waals surface area contributed by atoms with Crippen molar-refractivity contribution in [2.45, 2.75) is 44.8 Å². The van der Waals surface area contributed by atoms with Gasteiger partial charge in [-0.15, -0.1) is 0 Å². The van der Waals surface area contributed by atoms with E-state index in [2.05, 4.69) is 29.3 Å². The molecule has 2 fully saturated rings. The zero-order valence-corrected chi connectivity index (χ0v) is 15.2. The first-order valence-corrected chi connectivity index (χ1v) is 9.74. The molecule has 1 aromatic carbocycles. The van der Waals surface area contributed by atoms with Crippen LogP contribution in [-0.4, -0.2) is 56.6 Å². The van der Waals surface area contributed by atoms with E-state index in [4.69, 9.17) is 14.2 Å². The number of nitrogens with zero attached hydrogens (tertiary/aromatic N) is 1. The Labute approximate surface area is 150 Å². The van der Waals surface area contributed by atoms with Gasteiger partial charge in [0.25, 0.3) is 0 Å². The summed E-state index contributed by atoms with van der Waals surface area (Å²) in [5.41, 5.74) is 1.31. The lowest BCUT2D eigenvalue weighted by atomic mass is 9.93. The summed E-state index contributed by atoms with van der Waals surface area (Å²) in [4.78, 5) is 2.59. The maximum absolute atomic E-state index is 5.79. The van der Waals surface area contributed by atoms with E-state index in [1.807, 2.05) is 6.07 Å². The topological polar surface area (TPSA) is 43.0 Å². The van der Waals surface area contributed by atoms with Crippen LogP contribution >= 0.6 is 0 Å². The van der Waals surface area contributed by atoms with Crippen LogP contribution in [0.2, 0.25) is 0 Å². The van der Waals surface area contributed by atoms with E-state index >= 15 is 0 Å². The average Bonchev–Trinajstić information content (AvgIpc) is 3.28. The van der Waals surface area contributed by atoms with Crippen LogP contribution in [0.15, 0.2) is 18.2 Å². The first-order chi connectivity index (χ1) is 12.3. The monoisotopic (exact) mass is 346 g/mol. The molecule has 0 bridgehead atoms. The fraction of sp³-hybridized carbons (Fsp3) is 0.700. The van der Waals surface area contributed by atoms with Gasteiger partial charge >= 0.3 is 0 Å². The van der Waals surface area contributed by atoms with Crippen molar-refractivity contribution >= 4 is 0 Å². The van der Waals surface area contributed by atoms with Crippen LogP contribution in [-0.2, 0) is 11.2 Å². The number of piperidine rings is 1. The van der Waals surface area contributed by atoms with Crippen molar-refractivity contribution in [3.05, 3.63) is 23.8 Å². The first kappa shape index (κ1) is 17.1. The van der Waals surface area contributed by atoms with Crippen LogP contribution in [0.1, 0.15) is 31.7 Å². The van der Waals surface area contributed by atoms with Crippen LogP contribution in [0.5, 0.6) is 11.5 Å². The molecule has 2 saturated heterocycles. The number of hydrogen-bond acceptors (Lipinski definition) is 5. The Hall–Kier alpha value is -1.30. The Morgan fingerprint density at radius 1 is 1.20 bits per heavy atom. The molecule has 0 aromatic heterocycles. The third-order valence-electron chi connectivity index (χ3n) is 5.73. The molecule has 3 atom stereocenters. The minimum Gasteiger partial charge on any atom is -0.454 e. The van der Waals surface area contributed by atoms with E-state index in [0.29, 0.717) is 24.9 Å². The largest absolute Gasteiger partial charge is 0.454 e. The van der Waals surface area contributed by atoms with Crippen LogP contribution in [0, 0.1) is 5.92 Å². The molecular formula is C20H30N2O3. The van der Waals surface area contributed by atoms with Crippen molar-refractivity contribution in [1.82, 2.24) is 10.2 Å². The Bertz CT molecular complexity index is 574. The molecule has 3 aliphatic heterocycles. The molecule has 0 spiro atoms. The Morgan fingerprint density at radius 3 is 2.96 bits per heavy atom. The van der Waals surface area contributed by atoms with Gasteiger partial charge in [-0.25, -0.2) is 0 Å². The lowest BCUT2D eigenvalue weighted by Crippen LogP contribution is -2.50. The fourth-order valence-electron chi connectivity index (χ4n) is 4.28. The van der Waals surface area contributed by atoms with E-state index in [9.17, 15) is 0 Å². The predicted molar refractivity (Wildman–Crippen MR) is 97.3 cm³/mol. The zero-order chi connectivity index (χ0) is 17.1.